The molecule has 1 heterocycles. The van der Waals surface area contributed by atoms with Crippen molar-refractivity contribution < 1.29 is 9.80 Å². The third-order valence-electron chi connectivity index (χ3n) is 5.58. The molecule has 1 aromatic carbocycles. The van der Waals surface area contributed by atoms with Crippen molar-refractivity contribution in [1.29, 1.82) is 0 Å². The van der Waals surface area contributed by atoms with Gasteiger partial charge in [-0.1, -0.05) is 41.4 Å². The van der Waals surface area contributed by atoms with Gasteiger partial charge in [-0.3, -0.25) is 0 Å². The van der Waals surface area contributed by atoms with Crippen molar-refractivity contribution in [2.24, 2.45) is 5.92 Å². The first-order chi connectivity index (χ1) is 10.2. The Kier molecular flexibility index (Phi) is 5.36. The summed E-state index contributed by atoms with van der Waals surface area (Å²) in [5.41, 5.74) is 1.47. The molecule has 0 unspecified atom stereocenters. The first-order valence-corrected chi connectivity index (χ1v) is 9.44. The van der Waals surface area contributed by atoms with Gasteiger partial charge >= 0.3 is 0 Å². The summed E-state index contributed by atoms with van der Waals surface area (Å²) in [5, 5.41) is 0. The summed E-state index contributed by atoms with van der Waals surface area (Å²) in [6.45, 7) is 9.09. The van der Waals surface area contributed by atoms with E-state index < -0.39 is 0 Å². The van der Waals surface area contributed by atoms with Gasteiger partial charge < -0.3 is 9.80 Å². The molecule has 0 bridgehead atoms. The number of nitrogens with one attached hydrogen (secondary N) is 2. The topological polar surface area (TPSA) is 8.88 Å². The fourth-order valence-corrected chi connectivity index (χ4v) is 4.78. The molecule has 1 saturated heterocycles. The molecule has 1 aromatic rings. The van der Waals surface area contributed by atoms with E-state index in [0.717, 1.165) is 12.0 Å². The normalized spacial score (nSPS) is 33.8. The molecule has 3 rings (SSSR count). The van der Waals surface area contributed by atoms with Crippen molar-refractivity contribution in [1.82, 2.24) is 0 Å². The van der Waals surface area contributed by atoms with E-state index in [1.807, 2.05) is 4.90 Å². The second-order valence-electron chi connectivity index (χ2n) is 7.08. The molecule has 1 saturated carbocycles. The average molecular weight is 353 g/mol. The highest BCUT2D eigenvalue weighted by Gasteiger charge is 2.34. The van der Waals surface area contributed by atoms with E-state index in [1.165, 1.54) is 68.4 Å². The van der Waals surface area contributed by atoms with Crippen LogP contribution in [0.1, 0.15) is 38.2 Å². The number of rotatable bonds is 3. The Balaban J connectivity index is 1.50. The maximum Gasteiger partial charge on any atom is 0.127 e. The first kappa shape index (κ1) is 15.5. The number of piperazine rings is 1. The van der Waals surface area contributed by atoms with Crippen LogP contribution in [0.4, 0.5) is 0 Å². The van der Waals surface area contributed by atoms with Crippen LogP contribution in [0.3, 0.4) is 0 Å². The van der Waals surface area contributed by atoms with E-state index in [-0.39, 0.29) is 0 Å². The fourth-order valence-electron chi connectivity index (χ4n) is 4.33. The van der Waals surface area contributed by atoms with Gasteiger partial charge in [0.15, 0.2) is 0 Å². The van der Waals surface area contributed by atoms with Gasteiger partial charge in [-0.15, -0.1) is 0 Å². The second kappa shape index (κ2) is 7.26. The molecule has 0 spiro atoms. The largest absolute Gasteiger partial charge is 0.323 e. The molecule has 2 aliphatic rings. The highest BCUT2D eigenvalue weighted by atomic mass is 79.9. The zero-order valence-electron chi connectivity index (χ0n) is 13.2. The van der Waals surface area contributed by atoms with Crippen LogP contribution in [0.2, 0.25) is 0 Å². The lowest BCUT2D eigenvalue weighted by Gasteiger charge is -2.39. The molecular formula is C18H29BrN2+2. The van der Waals surface area contributed by atoms with Gasteiger partial charge in [0.05, 0.1) is 6.04 Å². The minimum atomic E-state index is 0.945. The molecule has 3 heteroatoms. The maximum atomic E-state index is 3.58. The minimum Gasteiger partial charge on any atom is -0.323 e. The van der Waals surface area contributed by atoms with E-state index in [9.17, 15) is 0 Å². The molecule has 2 nitrogen and oxygen atoms in total. The van der Waals surface area contributed by atoms with Crippen LogP contribution in [-0.2, 0) is 6.54 Å². The van der Waals surface area contributed by atoms with Crippen LogP contribution in [0.5, 0.6) is 0 Å². The zero-order valence-corrected chi connectivity index (χ0v) is 14.8. The van der Waals surface area contributed by atoms with Crippen molar-refractivity contribution in [2.45, 2.75) is 45.2 Å². The van der Waals surface area contributed by atoms with Crippen molar-refractivity contribution in [3.8, 4) is 0 Å². The molecule has 116 valence electrons. The standard InChI is InChI=1S/C18H27BrN2/c1-15-5-2-3-8-18(15)21-11-9-20(10-12-21)14-16-6-4-7-17(19)13-16/h4,6-7,13,15,18H,2-3,5,8-12,14H2,1H3/p+2/t15-,18+/m0/s1. The van der Waals surface area contributed by atoms with Crippen LogP contribution in [-0.4, -0.2) is 32.2 Å². The van der Waals surface area contributed by atoms with Crippen LogP contribution in [0, 0.1) is 5.92 Å². The molecule has 1 aliphatic carbocycles. The Morgan fingerprint density at radius 3 is 2.57 bits per heavy atom. The predicted octanol–water partition coefficient (Wildman–Crippen LogP) is 1.31. The molecule has 21 heavy (non-hydrogen) atoms. The lowest BCUT2D eigenvalue weighted by Crippen LogP contribution is -3.29. The minimum absolute atomic E-state index is 0.945. The van der Waals surface area contributed by atoms with E-state index in [0.29, 0.717) is 0 Å². The second-order valence-corrected chi connectivity index (χ2v) is 8.00. The van der Waals surface area contributed by atoms with Crippen LogP contribution in [0.25, 0.3) is 0 Å². The Morgan fingerprint density at radius 2 is 1.86 bits per heavy atom. The van der Waals surface area contributed by atoms with E-state index >= 15 is 0 Å². The summed E-state index contributed by atoms with van der Waals surface area (Å²) in [6.07, 6.45) is 5.86. The summed E-state index contributed by atoms with van der Waals surface area (Å²) in [5.74, 6) is 0.945. The molecular weight excluding hydrogens is 324 g/mol. The molecule has 1 aliphatic heterocycles. The monoisotopic (exact) mass is 352 g/mol. The van der Waals surface area contributed by atoms with Crippen LogP contribution < -0.4 is 9.80 Å². The smallest absolute Gasteiger partial charge is 0.127 e. The van der Waals surface area contributed by atoms with Crippen molar-refractivity contribution in [2.75, 3.05) is 26.2 Å². The molecule has 0 radical (unpaired) electrons. The van der Waals surface area contributed by atoms with Crippen LogP contribution in [0.15, 0.2) is 28.7 Å². The summed E-state index contributed by atoms with van der Waals surface area (Å²) < 4.78 is 1.21. The van der Waals surface area contributed by atoms with Gasteiger partial charge in [-0.25, -0.2) is 0 Å². The highest BCUT2D eigenvalue weighted by molar-refractivity contribution is 9.10. The number of hydrogen-bond acceptors (Lipinski definition) is 0. The van der Waals surface area contributed by atoms with E-state index in [2.05, 4.69) is 47.1 Å². The molecule has 2 N–H and O–H groups in total. The zero-order chi connectivity index (χ0) is 14.7. The number of hydrogen-bond donors (Lipinski definition) is 2. The molecule has 2 fully saturated rings. The summed E-state index contributed by atoms with van der Waals surface area (Å²) in [7, 11) is 0. The Labute approximate surface area is 137 Å². The van der Waals surface area contributed by atoms with Crippen molar-refractivity contribution in [3.05, 3.63) is 34.3 Å². The number of benzene rings is 1. The highest BCUT2D eigenvalue weighted by Crippen LogP contribution is 2.21. The lowest BCUT2D eigenvalue weighted by atomic mass is 9.84. The fraction of sp³-hybridized carbons (Fsp3) is 0.667. The Morgan fingerprint density at radius 1 is 1.10 bits per heavy atom. The lowest BCUT2D eigenvalue weighted by molar-refractivity contribution is -1.03. The van der Waals surface area contributed by atoms with Gasteiger partial charge in [0.1, 0.15) is 32.7 Å². The third kappa shape index (κ3) is 4.08. The molecule has 0 aromatic heterocycles. The number of quaternary nitrogens is 2. The average Bonchev–Trinajstić information content (AvgIpc) is 2.49. The third-order valence-corrected chi connectivity index (χ3v) is 6.07. The quantitative estimate of drug-likeness (QED) is 0.811. The Bertz CT molecular complexity index is 454. The SMILES string of the molecule is C[C@H]1CCCC[C@H]1[NH+]1CC[NH+](Cc2cccc(Br)c2)CC1. The van der Waals surface area contributed by atoms with Crippen molar-refractivity contribution in [3.63, 3.8) is 0 Å². The summed E-state index contributed by atoms with van der Waals surface area (Å²) in [4.78, 5) is 3.67. The van der Waals surface area contributed by atoms with Gasteiger partial charge in [-0.05, 0) is 31.4 Å². The van der Waals surface area contributed by atoms with E-state index in [4.69, 9.17) is 0 Å². The first-order valence-electron chi connectivity index (χ1n) is 8.65. The summed E-state index contributed by atoms with van der Waals surface area (Å²) >= 11 is 3.58. The number of halogens is 1. The van der Waals surface area contributed by atoms with E-state index in [1.54, 1.807) is 4.90 Å². The Hall–Kier alpha value is -0.380. The van der Waals surface area contributed by atoms with Gasteiger partial charge in [0.25, 0.3) is 0 Å². The summed E-state index contributed by atoms with van der Waals surface area (Å²) in [6, 6.07) is 9.76. The predicted molar refractivity (Wildman–Crippen MR) is 90.7 cm³/mol. The maximum absolute atomic E-state index is 3.58. The van der Waals surface area contributed by atoms with Gasteiger partial charge in [-0.2, -0.15) is 0 Å². The molecule has 0 amide bonds. The van der Waals surface area contributed by atoms with Gasteiger partial charge in [0.2, 0.25) is 0 Å². The molecule has 2 atom stereocenters. The van der Waals surface area contributed by atoms with Crippen LogP contribution >= 0.6 is 15.9 Å². The van der Waals surface area contributed by atoms with Gasteiger partial charge in [0, 0.05) is 16.0 Å². The van der Waals surface area contributed by atoms with Crippen molar-refractivity contribution >= 4 is 15.9 Å².